The normalized spacial score (nSPS) is 20.4. The fraction of sp³-hybridized carbons (Fsp3) is 0.462. The molecule has 0 saturated carbocycles. The van der Waals surface area contributed by atoms with Crippen molar-refractivity contribution in [3.05, 3.63) is 27.2 Å². The van der Waals surface area contributed by atoms with Crippen molar-refractivity contribution >= 4 is 39.1 Å². The standard InChI is InChI=1S/C13H16Cl2N2O3S/c1-7-6-10(14)8(2)12(11(7)15)21(19,20)17-5-4-16-13(18)9(17)3/h6,9H,4-5H2,1-3H3,(H,16,18). The number of hydrogen-bond donors (Lipinski definition) is 1. The minimum absolute atomic E-state index is 0.0179. The van der Waals surface area contributed by atoms with E-state index in [-0.39, 0.29) is 28.9 Å². The molecule has 1 atom stereocenters. The van der Waals surface area contributed by atoms with Crippen molar-refractivity contribution in [3.8, 4) is 0 Å². The Kier molecular flexibility index (Phi) is 4.54. The van der Waals surface area contributed by atoms with Crippen LogP contribution in [-0.4, -0.2) is 37.8 Å². The molecule has 116 valence electrons. The number of carbonyl (C=O) groups excluding carboxylic acids is 1. The van der Waals surface area contributed by atoms with Gasteiger partial charge in [-0.25, -0.2) is 8.42 Å². The summed E-state index contributed by atoms with van der Waals surface area (Å²) in [6.07, 6.45) is 0. The van der Waals surface area contributed by atoms with Gasteiger partial charge < -0.3 is 5.32 Å². The van der Waals surface area contributed by atoms with Gasteiger partial charge in [0.15, 0.2) is 0 Å². The first-order valence-electron chi connectivity index (χ1n) is 6.42. The third-order valence-corrected chi connectivity index (χ3v) is 6.73. The minimum atomic E-state index is -3.89. The molecular formula is C13H16Cl2N2O3S. The molecule has 0 bridgehead atoms. The zero-order chi connectivity index (χ0) is 15.9. The van der Waals surface area contributed by atoms with Gasteiger partial charge in [0.1, 0.15) is 10.9 Å². The molecule has 1 saturated heterocycles. The van der Waals surface area contributed by atoms with Crippen LogP contribution in [0, 0.1) is 13.8 Å². The van der Waals surface area contributed by atoms with Gasteiger partial charge in [0, 0.05) is 18.1 Å². The Balaban J connectivity index is 2.62. The molecule has 5 nitrogen and oxygen atoms in total. The number of nitrogens with zero attached hydrogens (tertiary/aromatic N) is 1. The van der Waals surface area contributed by atoms with Crippen LogP contribution in [0.4, 0.5) is 0 Å². The molecule has 8 heteroatoms. The van der Waals surface area contributed by atoms with Crippen LogP contribution in [0.3, 0.4) is 0 Å². The van der Waals surface area contributed by atoms with E-state index >= 15 is 0 Å². The summed E-state index contributed by atoms with van der Waals surface area (Å²) in [5.74, 6) is -0.322. The molecule has 0 radical (unpaired) electrons. The molecule has 21 heavy (non-hydrogen) atoms. The average molecular weight is 351 g/mol. The van der Waals surface area contributed by atoms with E-state index in [9.17, 15) is 13.2 Å². The highest BCUT2D eigenvalue weighted by Gasteiger charge is 2.38. The van der Waals surface area contributed by atoms with E-state index in [4.69, 9.17) is 23.2 Å². The quantitative estimate of drug-likeness (QED) is 0.888. The summed E-state index contributed by atoms with van der Waals surface area (Å²) in [6, 6.07) is 0.850. The zero-order valence-corrected chi connectivity index (χ0v) is 14.2. The van der Waals surface area contributed by atoms with Crippen molar-refractivity contribution in [3.63, 3.8) is 0 Å². The minimum Gasteiger partial charge on any atom is -0.353 e. The molecule has 1 aromatic rings. The van der Waals surface area contributed by atoms with Crippen molar-refractivity contribution in [2.45, 2.75) is 31.7 Å². The molecule has 1 aromatic carbocycles. The highest BCUT2D eigenvalue weighted by Crippen LogP contribution is 2.35. The second-order valence-corrected chi connectivity index (χ2v) is 7.64. The van der Waals surface area contributed by atoms with Gasteiger partial charge in [-0.05, 0) is 38.0 Å². The molecule has 0 spiro atoms. The largest absolute Gasteiger partial charge is 0.353 e. The molecule has 1 unspecified atom stereocenters. The average Bonchev–Trinajstić information content (AvgIpc) is 2.39. The Labute approximate surface area is 134 Å². The van der Waals surface area contributed by atoms with Crippen molar-refractivity contribution in [2.24, 2.45) is 0 Å². The Morgan fingerprint density at radius 2 is 1.95 bits per heavy atom. The first-order valence-corrected chi connectivity index (χ1v) is 8.62. The highest BCUT2D eigenvalue weighted by atomic mass is 35.5. The Morgan fingerprint density at radius 1 is 1.33 bits per heavy atom. The molecule has 0 aromatic heterocycles. The summed E-state index contributed by atoms with van der Waals surface area (Å²) in [5, 5.41) is 3.12. The van der Waals surface area contributed by atoms with Crippen LogP contribution in [0.2, 0.25) is 10.0 Å². The molecule has 1 amide bonds. The molecule has 1 fully saturated rings. The van der Waals surface area contributed by atoms with Gasteiger partial charge in [-0.3, -0.25) is 4.79 Å². The van der Waals surface area contributed by atoms with Gasteiger partial charge in [-0.2, -0.15) is 4.31 Å². The SMILES string of the molecule is Cc1cc(Cl)c(C)c(S(=O)(=O)N2CCNC(=O)C2C)c1Cl. The number of nitrogens with one attached hydrogen (secondary N) is 1. The number of sulfonamides is 1. The van der Waals surface area contributed by atoms with Crippen LogP contribution in [0.25, 0.3) is 0 Å². The Morgan fingerprint density at radius 3 is 2.57 bits per heavy atom. The van der Waals surface area contributed by atoms with E-state index in [1.165, 1.54) is 0 Å². The number of rotatable bonds is 2. The van der Waals surface area contributed by atoms with Gasteiger partial charge in [0.2, 0.25) is 15.9 Å². The van der Waals surface area contributed by atoms with Gasteiger partial charge >= 0.3 is 0 Å². The maximum Gasteiger partial charge on any atom is 0.245 e. The Hall–Kier alpha value is -0.820. The van der Waals surface area contributed by atoms with Crippen LogP contribution in [0.5, 0.6) is 0 Å². The lowest BCUT2D eigenvalue weighted by Crippen LogP contribution is -2.55. The topological polar surface area (TPSA) is 66.5 Å². The summed E-state index contributed by atoms with van der Waals surface area (Å²) >= 11 is 12.3. The lowest BCUT2D eigenvalue weighted by atomic mass is 10.2. The van der Waals surface area contributed by atoms with Crippen LogP contribution >= 0.6 is 23.2 Å². The van der Waals surface area contributed by atoms with E-state index in [1.54, 1.807) is 26.8 Å². The molecule has 1 aliphatic rings. The van der Waals surface area contributed by atoms with Crippen molar-refractivity contribution in [2.75, 3.05) is 13.1 Å². The van der Waals surface area contributed by atoms with Crippen LogP contribution in [-0.2, 0) is 14.8 Å². The van der Waals surface area contributed by atoms with Crippen molar-refractivity contribution in [1.82, 2.24) is 9.62 Å². The van der Waals surface area contributed by atoms with E-state index in [0.29, 0.717) is 16.1 Å². The number of aryl methyl sites for hydroxylation is 1. The monoisotopic (exact) mass is 350 g/mol. The predicted octanol–water partition coefficient (Wildman–Crippen LogP) is 2.12. The smallest absolute Gasteiger partial charge is 0.245 e. The number of halogens is 2. The van der Waals surface area contributed by atoms with Crippen molar-refractivity contribution in [1.29, 1.82) is 0 Å². The van der Waals surface area contributed by atoms with Gasteiger partial charge in [-0.1, -0.05) is 23.2 Å². The third kappa shape index (κ3) is 2.77. The van der Waals surface area contributed by atoms with E-state index in [2.05, 4.69) is 5.32 Å². The maximum absolute atomic E-state index is 12.9. The van der Waals surface area contributed by atoms with Crippen LogP contribution in [0.1, 0.15) is 18.1 Å². The first-order chi connectivity index (χ1) is 9.67. The van der Waals surface area contributed by atoms with E-state index < -0.39 is 16.1 Å². The van der Waals surface area contributed by atoms with E-state index in [0.717, 1.165) is 4.31 Å². The Bertz CT molecular complexity index is 678. The number of hydrogen-bond acceptors (Lipinski definition) is 3. The lowest BCUT2D eigenvalue weighted by Gasteiger charge is -2.32. The zero-order valence-electron chi connectivity index (χ0n) is 11.9. The van der Waals surface area contributed by atoms with Gasteiger partial charge in [0.25, 0.3) is 0 Å². The third-order valence-electron chi connectivity index (χ3n) is 3.60. The molecule has 1 heterocycles. The van der Waals surface area contributed by atoms with Gasteiger partial charge in [0.05, 0.1) is 5.02 Å². The summed E-state index contributed by atoms with van der Waals surface area (Å²) < 4.78 is 26.9. The lowest BCUT2D eigenvalue weighted by molar-refractivity contribution is -0.126. The van der Waals surface area contributed by atoms with E-state index in [1.807, 2.05) is 0 Å². The molecular weight excluding hydrogens is 335 g/mol. The second kappa shape index (κ2) is 5.76. The summed E-state index contributed by atoms with van der Waals surface area (Å²) in [6.45, 7) is 5.33. The van der Waals surface area contributed by atoms with Crippen LogP contribution < -0.4 is 5.32 Å². The molecule has 1 aliphatic heterocycles. The highest BCUT2D eigenvalue weighted by molar-refractivity contribution is 7.89. The molecule has 0 aliphatic carbocycles. The second-order valence-electron chi connectivity index (χ2n) is 5.03. The fourth-order valence-corrected chi connectivity index (χ4v) is 5.09. The molecule has 1 N–H and O–H groups in total. The molecule has 2 rings (SSSR count). The fourth-order valence-electron chi connectivity index (χ4n) is 2.33. The number of carbonyl (C=O) groups is 1. The maximum atomic E-state index is 12.9. The summed E-state index contributed by atoms with van der Waals surface area (Å²) in [7, 11) is -3.89. The number of piperazine rings is 1. The van der Waals surface area contributed by atoms with Gasteiger partial charge in [-0.15, -0.1) is 0 Å². The summed E-state index contributed by atoms with van der Waals surface area (Å²) in [5.41, 5.74) is 0.977. The first kappa shape index (κ1) is 16.5. The summed E-state index contributed by atoms with van der Waals surface area (Å²) in [4.78, 5) is 11.7. The van der Waals surface area contributed by atoms with Crippen LogP contribution in [0.15, 0.2) is 11.0 Å². The number of amides is 1. The number of benzene rings is 1. The predicted molar refractivity (Wildman–Crippen MR) is 82.3 cm³/mol. The van der Waals surface area contributed by atoms with Crippen molar-refractivity contribution < 1.29 is 13.2 Å².